The number of hydrogen-bond donors (Lipinski definition) is 0. The van der Waals surface area contributed by atoms with Crippen LogP contribution in [0.25, 0.3) is 6.08 Å². The fourth-order valence-corrected chi connectivity index (χ4v) is 2.02. The molecule has 1 aliphatic rings. The van der Waals surface area contributed by atoms with Crippen LogP contribution < -0.4 is 0 Å². The van der Waals surface area contributed by atoms with Crippen molar-refractivity contribution in [3.8, 4) is 0 Å². The van der Waals surface area contributed by atoms with Crippen LogP contribution in [0.1, 0.15) is 40.2 Å². The first-order chi connectivity index (χ1) is 8.82. The molecule has 0 bridgehead atoms. The Hall–Kier alpha value is -1.06. The van der Waals surface area contributed by atoms with Gasteiger partial charge in [0.05, 0.1) is 11.2 Å². The van der Waals surface area contributed by atoms with E-state index in [4.69, 9.17) is 9.31 Å². The van der Waals surface area contributed by atoms with E-state index >= 15 is 0 Å². The lowest BCUT2D eigenvalue weighted by molar-refractivity contribution is 0.00578. The molecule has 1 atom stereocenters. The highest BCUT2D eigenvalue weighted by Crippen LogP contribution is 2.40. The summed E-state index contributed by atoms with van der Waals surface area (Å²) in [5, 5.41) is 0. The Morgan fingerprint density at radius 3 is 2.05 bits per heavy atom. The van der Waals surface area contributed by atoms with Crippen LogP contribution in [0.3, 0.4) is 0 Å². The molecule has 3 heteroatoms. The van der Waals surface area contributed by atoms with Gasteiger partial charge in [0.15, 0.2) is 0 Å². The van der Waals surface area contributed by atoms with Crippen molar-refractivity contribution in [2.45, 2.75) is 51.6 Å². The summed E-state index contributed by atoms with van der Waals surface area (Å²) in [7, 11) is -0.176. The molecular formula is C16H23BO2. The van der Waals surface area contributed by atoms with Gasteiger partial charge in [0.2, 0.25) is 0 Å². The molecule has 0 saturated carbocycles. The van der Waals surface area contributed by atoms with Crippen molar-refractivity contribution in [2.24, 2.45) is 0 Å². The van der Waals surface area contributed by atoms with Crippen molar-refractivity contribution in [3.05, 3.63) is 42.0 Å². The third-order valence-electron chi connectivity index (χ3n) is 4.09. The van der Waals surface area contributed by atoms with Crippen LogP contribution in [0.5, 0.6) is 0 Å². The monoisotopic (exact) mass is 258 g/mol. The van der Waals surface area contributed by atoms with Crippen molar-refractivity contribution in [1.82, 2.24) is 0 Å². The summed E-state index contributed by atoms with van der Waals surface area (Å²) in [6.07, 6.45) is 4.27. The van der Waals surface area contributed by atoms with Crippen LogP contribution in [0.2, 0.25) is 5.82 Å². The molecule has 1 saturated heterocycles. The molecule has 1 aromatic carbocycles. The van der Waals surface area contributed by atoms with Gasteiger partial charge in [-0.2, -0.15) is 0 Å². The van der Waals surface area contributed by atoms with E-state index in [1.165, 1.54) is 5.56 Å². The molecular weight excluding hydrogens is 235 g/mol. The average Bonchev–Trinajstić information content (AvgIpc) is 2.57. The summed E-state index contributed by atoms with van der Waals surface area (Å²) < 4.78 is 12.1. The Morgan fingerprint density at radius 2 is 1.53 bits per heavy atom. The molecule has 1 unspecified atom stereocenters. The standard InChI is InChI=1S/C16H23BO2/c1-13(11-12-14-9-7-6-8-10-14)17-18-15(2,3)16(4,5)19-17/h6-13H,1-5H3/b12-11-. The van der Waals surface area contributed by atoms with Crippen LogP contribution in [-0.2, 0) is 9.31 Å². The van der Waals surface area contributed by atoms with Gasteiger partial charge in [0.1, 0.15) is 0 Å². The van der Waals surface area contributed by atoms with Gasteiger partial charge < -0.3 is 9.31 Å². The Balaban J connectivity index is 2.03. The summed E-state index contributed by atoms with van der Waals surface area (Å²) in [5.74, 6) is 0.223. The van der Waals surface area contributed by atoms with Crippen LogP contribution in [0, 0.1) is 0 Å². The third kappa shape index (κ3) is 3.10. The number of benzene rings is 1. The summed E-state index contributed by atoms with van der Waals surface area (Å²) in [5.41, 5.74) is 0.685. The van der Waals surface area contributed by atoms with E-state index in [9.17, 15) is 0 Å². The van der Waals surface area contributed by atoms with Crippen molar-refractivity contribution in [1.29, 1.82) is 0 Å². The minimum absolute atomic E-state index is 0.176. The van der Waals surface area contributed by atoms with Crippen molar-refractivity contribution < 1.29 is 9.31 Å². The van der Waals surface area contributed by atoms with Crippen LogP contribution in [0.15, 0.2) is 36.4 Å². The molecule has 1 aromatic rings. The second-order valence-electron chi connectivity index (χ2n) is 6.25. The number of rotatable bonds is 3. The smallest absolute Gasteiger partial charge is 0.403 e. The number of hydrogen-bond acceptors (Lipinski definition) is 2. The van der Waals surface area contributed by atoms with E-state index in [0.717, 1.165) is 0 Å². The highest BCUT2D eigenvalue weighted by Gasteiger charge is 2.52. The van der Waals surface area contributed by atoms with Gasteiger partial charge in [-0.15, -0.1) is 0 Å². The zero-order chi connectivity index (χ0) is 14.1. The van der Waals surface area contributed by atoms with Crippen molar-refractivity contribution in [3.63, 3.8) is 0 Å². The maximum absolute atomic E-state index is 6.04. The molecule has 0 N–H and O–H groups in total. The van der Waals surface area contributed by atoms with E-state index in [0.29, 0.717) is 0 Å². The van der Waals surface area contributed by atoms with Gasteiger partial charge in [-0.05, 0) is 33.3 Å². The fourth-order valence-electron chi connectivity index (χ4n) is 2.02. The Morgan fingerprint density at radius 1 is 1.00 bits per heavy atom. The molecule has 1 aliphatic heterocycles. The van der Waals surface area contributed by atoms with Gasteiger partial charge in [0, 0.05) is 5.82 Å². The zero-order valence-electron chi connectivity index (χ0n) is 12.5. The third-order valence-corrected chi connectivity index (χ3v) is 4.09. The minimum Gasteiger partial charge on any atom is -0.403 e. The summed E-state index contributed by atoms with van der Waals surface area (Å²) in [6, 6.07) is 10.3. The summed E-state index contributed by atoms with van der Waals surface area (Å²) >= 11 is 0. The predicted molar refractivity (Wildman–Crippen MR) is 81.0 cm³/mol. The lowest BCUT2D eigenvalue weighted by Crippen LogP contribution is -2.41. The molecule has 0 aromatic heterocycles. The SMILES string of the molecule is CC(/C=C\c1ccccc1)B1OC(C)(C)C(C)(C)O1. The Labute approximate surface area is 117 Å². The van der Waals surface area contributed by atoms with E-state index in [-0.39, 0.29) is 24.1 Å². The lowest BCUT2D eigenvalue weighted by atomic mass is 9.73. The molecule has 0 amide bonds. The van der Waals surface area contributed by atoms with Crippen LogP contribution in [-0.4, -0.2) is 18.3 Å². The van der Waals surface area contributed by atoms with Gasteiger partial charge in [-0.25, -0.2) is 0 Å². The molecule has 102 valence electrons. The highest BCUT2D eigenvalue weighted by atomic mass is 16.7. The largest absolute Gasteiger partial charge is 0.464 e. The summed E-state index contributed by atoms with van der Waals surface area (Å²) in [6.45, 7) is 10.5. The van der Waals surface area contributed by atoms with E-state index in [1.807, 2.05) is 18.2 Å². The minimum atomic E-state index is -0.257. The van der Waals surface area contributed by atoms with E-state index in [2.05, 4.69) is 58.9 Å². The quantitative estimate of drug-likeness (QED) is 0.757. The van der Waals surface area contributed by atoms with Crippen molar-refractivity contribution >= 4 is 13.2 Å². The van der Waals surface area contributed by atoms with Gasteiger partial charge in [-0.1, -0.05) is 49.4 Å². The number of allylic oxidation sites excluding steroid dienone is 1. The van der Waals surface area contributed by atoms with Crippen LogP contribution >= 0.6 is 0 Å². The molecule has 0 aliphatic carbocycles. The summed E-state index contributed by atoms with van der Waals surface area (Å²) in [4.78, 5) is 0. The lowest BCUT2D eigenvalue weighted by Gasteiger charge is -2.32. The highest BCUT2D eigenvalue weighted by molar-refractivity contribution is 6.48. The van der Waals surface area contributed by atoms with E-state index < -0.39 is 0 Å². The maximum Gasteiger partial charge on any atom is 0.464 e. The molecule has 0 radical (unpaired) electrons. The van der Waals surface area contributed by atoms with E-state index in [1.54, 1.807) is 0 Å². The predicted octanol–water partition coefficient (Wildman–Crippen LogP) is 4.18. The topological polar surface area (TPSA) is 18.5 Å². The first-order valence-electron chi connectivity index (χ1n) is 6.91. The van der Waals surface area contributed by atoms with Gasteiger partial charge in [-0.3, -0.25) is 0 Å². The fraction of sp³-hybridized carbons (Fsp3) is 0.500. The Kier molecular flexibility index (Phi) is 3.89. The maximum atomic E-state index is 6.04. The van der Waals surface area contributed by atoms with Gasteiger partial charge >= 0.3 is 7.12 Å². The molecule has 0 spiro atoms. The first kappa shape index (κ1) is 14.4. The molecule has 1 heterocycles. The van der Waals surface area contributed by atoms with Gasteiger partial charge in [0.25, 0.3) is 0 Å². The zero-order valence-corrected chi connectivity index (χ0v) is 12.5. The Bertz CT molecular complexity index is 435. The average molecular weight is 258 g/mol. The van der Waals surface area contributed by atoms with Crippen LogP contribution in [0.4, 0.5) is 0 Å². The molecule has 2 nitrogen and oxygen atoms in total. The molecule has 2 rings (SSSR count). The molecule has 1 fully saturated rings. The van der Waals surface area contributed by atoms with Crippen molar-refractivity contribution in [2.75, 3.05) is 0 Å². The molecule has 19 heavy (non-hydrogen) atoms. The second kappa shape index (κ2) is 5.14. The second-order valence-corrected chi connectivity index (χ2v) is 6.25. The first-order valence-corrected chi connectivity index (χ1v) is 6.91. The normalized spacial score (nSPS) is 22.9.